The Hall–Kier alpha value is -1.62. The van der Waals surface area contributed by atoms with E-state index < -0.39 is 0 Å². The number of carbonyl (C=O) groups excluding carboxylic acids is 1. The molecule has 1 saturated carbocycles. The van der Waals surface area contributed by atoms with Crippen LogP contribution in [0.5, 0.6) is 0 Å². The molecule has 184 valence electrons. The summed E-state index contributed by atoms with van der Waals surface area (Å²) in [7, 11) is 2.17. The predicted octanol–water partition coefficient (Wildman–Crippen LogP) is 2.30. The quantitative estimate of drug-likeness (QED) is 0.311. The van der Waals surface area contributed by atoms with Crippen LogP contribution in [0.3, 0.4) is 0 Å². The molecule has 2 saturated heterocycles. The Bertz CT molecular complexity index is 791. The summed E-state index contributed by atoms with van der Waals surface area (Å²) in [4.78, 5) is 28.9. The number of piperazine rings is 1. The normalized spacial score (nSPS) is 22.4. The Balaban J connectivity index is 0.00000306. The first-order valence-electron chi connectivity index (χ1n) is 12.3. The van der Waals surface area contributed by atoms with Crippen molar-refractivity contribution >= 4 is 41.7 Å². The number of nitrogens with one attached hydrogen (secondary N) is 2. The van der Waals surface area contributed by atoms with Crippen LogP contribution in [-0.2, 0) is 11.3 Å². The number of hydrogen-bond donors (Lipinski definition) is 2. The Morgan fingerprint density at radius 3 is 2.64 bits per heavy atom. The van der Waals surface area contributed by atoms with Crippen LogP contribution in [0, 0.1) is 5.92 Å². The molecule has 0 bridgehead atoms. The van der Waals surface area contributed by atoms with Gasteiger partial charge in [0.15, 0.2) is 5.96 Å². The minimum atomic E-state index is 0. The van der Waals surface area contributed by atoms with E-state index >= 15 is 0 Å². The molecule has 3 heterocycles. The van der Waals surface area contributed by atoms with Crippen molar-refractivity contribution in [2.75, 3.05) is 57.8 Å². The highest BCUT2D eigenvalue weighted by atomic mass is 127. The first kappa shape index (κ1) is 26.0. The molecular formula is C24H40IN7O. The van der Waals surface area contributed by atoms with Crippen LogP contribution in [0.2, 0.25) is 0 Å². The molecule has 8 nitrogen and oxygen atoms in total. The van der Waals surface area contributed by atoms with Gasteiger partial charge in [-0.05, 0) is 50.9 Å². The fourth-order valence-corrected chi connectivity index (χ4v) is 4.96. The van der Waals surface area contributed by atoms with Gasteiger partial charge in [0, 0.05) is 64.0 Å². The Labute approximate surface area is 215 Å². The number of halogens is 1. The van der Waals surface area contributed by atoms with Gasteiger partial charge in [-0.3, -0.25) is 4.79 Å². The van der Waals surface area contributed by atoms with Crippen LogP contribution < -0.4 is 15.5 Å². The highest BCUT2D eigenvalue weighted by molar-refractivity contribution is 14.0. The number of hydrogen-bond acceptors (Lipinski definition) is 5. The number of anilines is 1. The van der Waals surface area contributed by atoms with E-state index in [2.05, 4.69) is 50.4 Å². The van der Waals surface area contributed by atoms with Gasteiger partial charge < -0.3 is 25.3 Å². The molecule has 1 amide bonds. The van der Waals surface area contributed by atoms with Gasteiger partial charge in [0.2, 0.25) is 5.91 Å². The molecule has 0 aromatic carbocycles. The summed E-state index contributed by atoms with van der Waals surface area (Å²) in [6, 6.07) is 4.47. The first-order valence-corrected chi connectivity index (χ1v) is 12.3. The number of aromatic nitrogens is 1. The molecule has 33 heavy (non-hydrogen) atoms. The van der Waals surface area contributed by atoms with Crippen LogP contribution in [0.25, 0.3) is 0 Å². The molecule has 1 unspecified atom stereocenters. The number of aliphatic imine (C=N–C) groups is 1. The Morgan fingerprint density at radius 1 is 1.15 bits per heavy atom. The Kier molecular flexibility index (Phi) is 10.0. The fraction of sp³-hybridized carbons (Fsp3) is 0.708. The number of pyridine rings is 1. The van der Waals surface area contributed by atoms with Crippen LogP contribution >= 0.6 is 24.0 Å². The second-order valence-electron chi connectivity index (χ2n) is 9.40. The maximum absolute atomic E-state index is 12.7. The second-order valence-corrected chi connectivity index (χ2v) is 9.40. The number of guanidine groups is 1. The smallest absolute Gasteiger partial charge is 0.225 e. The van der Waals surface area contributed by atoms with E-state index in [0.717, 1.165) is 82.4 Å². The van der Waals surface area contributed by atoms with Gasteiger partial charge in [-0.15, -0.1) is 24.0 Å². The summed E-state index contributed by atoms with van der Waals surface area (Å²) in [6.45, 7) is 9.30. The van der Waals surface area contributed by atoms with Gasteiger partial charge in [0.1, 0.15) is 5.82 Å². The standard InChI is InChI=1S/C24H39N7O.HI/c1-3-25-24(28-21-9-11-31(18-21)23(32)20-6-4-5-7-20)27-17-19-8-10-26-22(16-19)30-14-12-29(2)13-15-30;/h8,10,16,20-21H,3-7,9,11-15,17-18H2,1-2H3,(H2,25,27,28);1H. The van der Waals surface area contributed by atoms with Crippen molar-refractivity contribution in [3.63, 3.8) is 0 Å². The third-order valence-electron chi connectivity index (χ3n) is 6.95. The van der Waals surface area contributed by atoms with E-state index in [1.807, 2.05) is 12.3 Å². The van der Waals surface area contributed by atoms with Crippen LogP contribution in [0.15, 0.2) is 23.3 Å². The number of amides is 1. The SMILES string of the molecule is CCNC(=NCc1ccnc(N2CCN(C)CC2)c1)NC1CCN(C(=O)C2CCCC2)C1.I. The largest absolute Gasteiger partial charge is 0.357 e. The maximum Gasteiger partial charge on any atom is 0.225 e. The molecule has 1 aliphatic carbocycles. The highest BCUT2D eigenvalue weighted by Gasteiger charge is 2.32. The lowest BCUT2D eigenvalue weighted by molar-refractivity contribution is -0.134. The predicted molar refractivity (Wildman–Crippen MR) is 144 cm³/mol. The number of carbonyl (C=O) groups is 1. The van der Waals surface area contributed by atoms with Crippen molar-refractivity contribution in [1.82, 2.24) is 25.4 Å². The number of rotatable bonds is 6. The van der Waals surface area contributed by atoms with Crippen LogP contribution in [0.4, 0.5) is 5.82 Å². The highest BCUT2D eigenvalue weighted by Crippen LogP contribution is 2.27. The number of likely N-dealkylation sites (N-methyl/N-ethyl adjacent to an activating group) is 1. The topological polar surface area (TPSA) is 76.1 Å². The lowest BCUT2D eigenvalue weighted by atomic mass is 10.1. The summed E-state index contributed by atoms with van der Waals surface area (Å²) in [6.07, 6.45) is 7.41. The second kappa shape index (κ2) is 12.7. The van der Waals surface area contributed by atoms with Crippen molar-refractivity contribution in [2.45, 2.75) is 51.6 Å². The molecule has 0 radical (unpaired) electrons. The fourth-order valence-electron chi connectivity index (χ4n) is 4.96. The van der Waals surface area contributed by atoms with E-state index in [9.17, 15) is 4.79 Å². The number of likely N-dealkylation sites (tertiary alicyclic amines) is 1. The molecule has 1 aromatic heterocycles. The lowest BCUT2D eigenvalue weighted by Crippen LogP contribution is -2.45. The summed E-state index contributed by atoms with van der Waals surface area (Å²) in [5, 5.41) is 6.92. The number of nitrogens with zero attached hydrogens (tertiary/aromatic N) is 5. The molecule has 3 aliphatic rings. The monoisotopic (exact) mass is 569 g/mol. The van der Waals surface area contributed by atoms with E-state index in [-0.39, 0.29) is 35.9 Å². The molecule has 9 heteroatoms. The van der Waals surface area contributed by atoms with Crippen molar-refractivity contribution < 1.29 is 4.79 Å². The molecule has 0 spiro atoms. The van der Waals surface area contributed by atoms with Crippen LogP contribution in [-0.4, -0.2) is 85.6 Å². The summed E-state index contributed by atoms with van der Waals surface area (Å²) in [5.74, 6) is 2.49. The van der Waals surface area contributed by atoms with Crippen molar-refractivity contribution in [3.8, 4) is 0 Å². The van der Waals surface area contributed by atoms with Crippen LogP contribution in [0.1, 0.15) is 44.6 Å². The summed E-state index contributed by atoms with van der Waals surface area (Å²) in [5.41, 5.74) is 1.16. The van der Waals surface area contributed by atoms with E-state index in [1.165, 1.54) is 12.8 Å². The zero-order valence-electron chi connectivity index (χ0n) is 20.1. The average molecular weight is 570 g/mol. The molecule has 2 N–H and O–H groups in total. The van der Waals surface area contributed by atoms with Crippen molar-refractivity contribution in [3.05, 3.63) is 23.9 Å². The molecule has 2 aliphatic heterocycles. The minimum Gasteiger partial charge on any atom is -0.357 e. The summed E-state index contributed by atoms with van der Waals surface area (Å²) >= 11 is 0. The third kappa shape index (κ3) is 7.18. The van der Waals surface area contributed by atoms with Gasteiger partial charge in [0.25, 0.3) is 0 Å². The summed E-state index contributed by atoms with van der Waals surface area (Å²) < 4.78 is 0. The first-order chi connectivity index (χ1) is 15.6. The molecule has 3 fully saturated rings. The lowest BCUT2D eigenvalue weighted by Gasteiger charge is -2.33. The maximum atomic E-state index is 12.7. The minimum absolute atomic E-state index is 0. The molecule has 1 atom stereocenters. The average Bonchev–Trinajstić information content (AvgIpc) is 3.51. The zero-order chi connectivity index (χ0) is 22.3. The van der Waals surface area contributed by atoms with Gasteiger partial charge in [-0.25, -0.2) is 9.98 Å². The van der Waals surface area contributed by atoms with Gasteiger partial charge in [0.05, 0.1) is 6.54 Å². The molecule has 4 rings (SSSR count). The van der Waals surface area contributed by atoms with E-state index in [0.29, 0.717) is 12.5 Å². The van der Waals surface area contributed by atoms with Gasteiger partial charge in [-0.1, -0.05) is 12.8 Å². The molecular weight excluding hydrogens is 529 g/mol. The van der Waals surface area contributed by atoms with Crippen molar-refractivity contribution in [1.29, 1.82) is 0 Å². The van der Waals surface area contributed by atoms with E-state index in [1.54, 1.807) is 0 Å². The third-order valence-corrected chi connectivity index (χ3v) is 6.95. The molecule has 1 aromatic rings. The van der Waals surface area contributed by atoms with Crippen molar-refractivity contribution in [2.24, 2.45) is 10.9 Å². The van der Waals surface area contributed by atoms with Gasteiger partial charge in [-0.2, -0.15) is 0 Å². The van der Waals surface area contributed by atoms with Gasteiger partial charge >= 0.3 is 0 Å². The van der Waals surface area contributed by atoms with E-state index in [4.69, 9.17) is 4.99 Å². The zero-order valence-corrected chi connectivity index (χ0v) is 22.5. The Morgan fingerprint density at radius 2 is 1.91 bits per heavy atom.